The number of carboxylic acids is 2. The first kappa shape index (κ1) is 76.0. The average Bonchev–Trinajstić information content (AvgIpc) is 1.34. The van der Waals surface area contributed by atoms with E-state index in [2.05, 4.69) is 73.8 Å². The van der Waals surface area contributed by atoms with Gasteiger partial charge in [0.25, 0.3) is 0 Å². The molecule has 2 aliphatic heterocycles. The van der Waals surface area contributed by atoms with Gasteiger partial charge in [-0.1, -0.05) is 60.7 Å². The summed E-state index contributed by atoms with van der Waals surface area (Å²) < 4.78 is 0. The van der Waals surface area contributed by atoms with Crippen LogP contribution < -0.4 is 92.5 Å². The van der Waals surface area contributed by atoms with Crippen LogP contribution in [0.3, 0.4) is 0 Å². The Labute approximate surface area is 541 Å². The van der Waals surface area contributed by atoms with E-state index in [9.17, 15) is 77.3 Å². The van der Waals surface area contributed by atoms with Crippen molar-refractivity contribution < 1.29 is 77.3 Å². The van der Waals surface area contributed by atoms with Gasteiger partial charge in [0.2, 0.25) is 70.9 Å². The number of carbonyl (C=O) groups is 14. The van der Waals surface area contributed by atoms with Crippen molar-refractivity contribution in [2.75, 3.05) is 39.3 Å². The predicted molar refractivity (Wildman–Crippen MR) is 337 cm³/mol. The van der Waals surface area contributed by atoms with E-state index in [1.807, 2.05) is 0 Å². The Hall–Kier alpha value is -10.5. The Morgan fingerprint density at radius 1 is 0.447 bits per heavy atom. The van der Waals surface area contributed by atoms with Crippen molar-refractivity contribution >= 4 is 94.7 Å². The molecule has 2 aromatic rings. The standard InChI is InChI=1S/C59H87N19O16/c60-35(49(86)66-24-10-8-18-39-53(90)74-37(20-12-26-68-59(63)64)51(88)70-32-46(81)72-43(30-48(84)85)57(94)78-41(55(92)76-39)28-34-15-5-2-6-16-34)21-22-44(79)65-23-9-7-17-38-52(89)73-36(19-11-25-67-58(61)62)50(87)69-31-45(80)71-42(29-47(82)83)56(93)77-40(54(91)75-38)27-33-13-3-1-4-14-33/h1-6,13-16,35-43H,7-12,17-32,60H2,(H,65,79)(H,66,86)(H,69,87)(H,70,88)(H,71,80)(H,72,81)(H,73,89)(H,74,90)(H,75,91)(H,76,92)(H,77,93)(H,78,94)(H,82,83)(H,84,85)(H4,61,62,67)(H4,63,64,68)/t35-,36-,37-,38-,39-,40+,41+,42-,43-/m0/s1. The Morgan fingerprint density at radius 2 is 0.787 bits per heavy atom. The number of unbranched alkanes of at least 4 members (excludes halogenated alkanes) is 2. The molecule has 0 aromatic heterocycles. The number of carbonyl (C=O) groups excluding carboxylic acids is 12. The number of nitrogens with two attached hydrogens (primary N) is 5. The zero-order valence-electron chi connectivity index (χ0n) is 51.9. The first-order valence-corrected chi connectivity index (χ1v) is 30.7. The van der Waals surface area contributed by atoms with Gasteiger partial charge in [-0.15, -0.1) is 0 Å². The monoisotopic (exact) mass is 1320 g/mol. The predicted octanol–water partition coefficient (Wildman–Crippen LogP) is -6.65. The number of nitrogens with one attached hydrogen (secondary N) is 12. The molecule has 12 amide bonds. The molecule has 0 unspecified atom stereocenters. The fourth-order valence-electron chi connectivity index (χ4n) is 9.70. The largest absolute Gasteiger partial charge is 0.481 e. The molecular weight excluding hydrogens is 1230 g/mol. The van der Waals surface area contributed by atoms with Crippen LogP contribution in [0.4, 0.5) is 0 Å². The minimum atomic E-state index is -1.68. The van der Waals surface area contributed by atoms with Gasteiger partial charge >= 0.3 is 11.9 Å². The number of carboxylic acid groups (broad SMARTS) is 2. The van der Waals surface area contributed by atoms with Crippen molar-refractivity contribution in [3.8, 4) is 0 Å². The van der Waals surface area contributed by atoms with Crippen LogP contribution >= 0.6 is 0 Å². The minimum absolute atomic E-state index is 0.0241. The topological polar surface area (TPSA) is 579 Å². The van der Waals surface area contributed by atoms with Gasteiger partial charge in [-0.05, 0) is 81.8 Å². The van der Waals surface area contributed by atoms with Gasteiger partial charge in [0.15, 0.2) is 11.9 Å². The van der Waals surface area contributed by atoms with E-state index < -0.39 is 163 Å². The number of aliphatic carboxylic acids is 2. The molecule has 4 rings (SSSR count). The molecular formula is C59H87N19O16. The summed E-state index contributed by atoms with van der Waals surface area (Å²) in [5.74, 6) is -13.4. The molecule has 2 fully saturated rings. The first-order chi connectivity index (χ1) is 44.8. The zero-order chi connectivity index (χ0) is 69.1. The lowest BCUT2D eigenvalue weighted by Gasteiger charge is -2.26. The van der Waals surface area contributed by atoms with E-state index in [1.54, 1.807) is 60.7 Å². The van der Waals surface area contributed by atoms with Gasteiger partial charge < -0.3 is 103 Å². The summed E-state index contributed by atoms with van der Waals surface area (Å²) >= 11 is 0. The Bertz CT molecular complexity index is 3020. The number of guanidine groups is 2. The number of rotatable bonds is 30. The summed E-state index contributed by atoms with van der Waals surface area (Å²) in [6.45, 7) is -1.22. The lowest BCUT2D eigenvalue weighted by Crippen LogP contribution is -2.58. The number of hydrogen-bond acceptors (Lipinski definition) is 17. The molecule has 0 saturated carbocycles. The van der Waals surface area contributed by atoms with E-state index in [4.69, 9.17) is 28.7 Å². The second kappa shape index (κ2) is 40.4. The molecule has 0 radical (unpaired) electrons. The molecule has 2 saturated heterocycles. The SMILES string of the molecule is NC(N)=NCCC[C@@H]1NC(=O)[C@H](CCCCNC(=O)CC[C@H](N)C(=O)NCCCC[C@@H]2NC(=O)[C@@H](Cc3ccccc3)NC(=O)[C@H](CC(=O)O)NC(=O)CNC(=O)[C@H](CCCN=C(N)N)NC2=O)NC(=O)[C@@H](Cc2ccccc2)NC(=O)[C@H](CC(=O)O)NC(=O)CNC1=O. The van der Waals surface area contributed by atoms with Crippen LogP contribution in [0.25, 0.3) is 0 Å². The molecule has 0 bridgehead atoms. The van der Waals surface area contributed by atoms with E-state index in [0.29, 0.717) is 11.1 Å². The van der Waals surface area contributed by atoms with Crippen molar-refractivity contribution in [3.05, 3.63) is 71.8 Å². The van der Waals surface area contributed by atoms with Crippen LogP contribution in [0.1, 0.15) is 101 Å². The average molecular weight is 1320 g/mol. The van der Waals surface area contributed by atoms with Crippen LogP contribution in [0.2, 0.25) is 0 Å². The Kier molecular flexibility index (Phi) is 32.6. The van der Waals surface area contributed by atoms with Crippen molar-refractivity contribution in [2.45, 2.75) is 157 Å². The van der Waals surface area contributed by atoms with Gasteiger partial charge in [0.1, 0.15) is 48.3 Å². The zero-order valence-corrected chi connectivity index (χ0v) is 51.9. The van der Waals surface area contributed by atoms with Crippen molar-refractivity contribution in [1.82, 2.24) is 63.8 Å². The third kappa shape index (κ3) is 29.2. The maximum absolute atomic E-state index is 14.1. The number of aliphatic imine (C=N–C) groups is 2. The molecule has 2 aliphatic rings. The molecule has 514 valence electrons. The lowest BCUT2D eigenvalue weighted by molar-refractivity contribution is -0.141. The van der Waals surface area contributed by atoms with Crippen LogP contribution in [-0.2, 0) is 80.0 Å². The highest BCUT2D eigenvalue weighted by Crippen LogP contribution is 2.13. The van der Waals surface area contributed by atoms with Crippen LogP contribution in [-0.4, -0.2) is 199 Å². The van der Waals surface area contributed by atoms with Gasteiger partial charge in [-0.2, -0.15) is 0 Å². The molecule has 0 spiro atoms. The van der Waals surface area contributed by atoms with Crippen LogP contribution in [0, 0.1) is 0 Å². The quantitative estimate of drug-likeness (QED) is 0.0196. The summed E-state index contributed by atoms with van der Waals surface area (Å²) in [5.41, 5.74) is 29.1. The van der Waals surface area contributed by atoms with E-state index in [0.717, 1.165) is 0 Å². The third-order valence-electron chi connectivity index (χ3n) is 14.6. The molecule has 35 heteroatoms. The third-order valence-corrected chi connectivity index (χ3v) is 14.6. The number of amides is 12. The normalized spacial score (nSPS) is 21.5. The Balaban J connectivity index is 1.39. The highest BCUT2D eigenvalue weighted by molar-refractivity contribution is 6.00. The lowest BCUT2D eigenvalue weighted by atomic mass is 10.0. The molecule has 2 heterocycles. The smallest absolute Gasteiger partial charge is 0.305 e. The van der Waals surface area contributed by atoms with Gasteiger partial charge in [-0.25, -0.2) is 0 Å². The Morgan fingerprint density at radius 3 is 1.17 bits per heavy atom. The van der Waals surface area contributed by atoms with E-state index in [1.165, 1.54) is 0 Å². The fraction of sp³-hybridized carbons (Fsp3) is 0.525. The van der Waals surface area contributed by atoms with Crippen LogP contribution in [0.15, 0.2) is 70.6 Å². The van der Waals surface area contributed by atoms with Gasteiger partial charge in [0, 0.05) is 45.4 Å². The van der Waals surface area contributed by atoms with Crippen LogP contribution in [0.5, 0.6) is 0 Å². The molecule has 0 aliphatic carbocycles. The number of nitrogens with zero attached hydrogens (tertiary/aromatic N) is 2. The van der Waals surface area contributed by atoms with Gasteiger partial charge in [-0.3, -0.25) is 77.1 Å². The number of benzene rings is 2. The molecule has 2 aromatic carbocycles. The highest BCUT2D eigenvalue weighted by atomic mass is 16.4. The summed E-state index contributed by atoms with van der Waals surface area (Å²) in [5, 5.41) is 49.5. The number of hydrogen-bond donors (Lipinski definition) is 19. The maximum atomic E-state index is 14.1. The minimum Gasteiger partial charge on any atom is -0.481 e. The highest BCUT2D eigenvalue weighted by Gasteiger charge is 2.36. The molecule has 35 nitrogen and oxygen atoms in total. The van der Waals surface area contributed by atoms with E-state index >= 15 is 0 Å². The van der Waals surface area contributed by atoms with Gasteiger partial charge in [0.05, 0.1) is 32.0 Å². The first-order valence-electron chi connectivity index (χ1n) is 30.7. The van der Waals surface area contributed by atoms with Crippen molar-refractivity contribution in [1.29, 1.82) is 0 Å². The van der Waals surface area contributed by atoms with E-state index in [-0.39, 0.29) is 128 Å². The maximum Gasteiger partial charge on any atom is 0.305 e. The molecule has 94 heavy (non-hydrogen) atoms. The van der Waals surface area contributed by atoms with Crippen molar-refractivity contribution in [2.24, 2.45) is 38.7 Å². The summed E-state index contributed by atoms with van der Waals surface area (Å²) in [7, 11) is 0. The second-order valence-corrected chi connectivity index (χ2v) is 22.3. The fourth-order valence-corrected chi connectivity index (χ4v) is 9.70. The molecule has 24 N–H and O–H groups in total. The second-order valence-electron chi connectivity index (χ2n) is 22.3. The summed E-state index contributed by atoms with van der Waals surface area (Å²) in [6, 6.07) is 4.29. The summed E-state index contributed by atoms with van der Waals surface area (Å²) in [6.07, 6.45) is -1.32. The summed E-state index contributed by atoms with van der Waals surface area (Å²) in [4.78, 5) is 194. The van der Waals surface area contributed by atoms with Crippen molar-refractivity contribution in [3.63, 3.8) is 0 Å². The molecule has 9 atom stereocenters.